The van der Waals surface area contributed by atoms with Gasteiger partial charge in [0.25, 0.3) is 0 Å². The Morgan fingerprint density at radius 2 is 1.41 bits per heavy atom. The second kappa shape index (κ2) is 15.1. The molecule has 0 aromatic carbocycles. The van der Waals surface area contributed by atoms with Crippen LogP contribution in [0.2, 0.25) is 0 Å². The molecule has 1 heterocycles. The third kappa shape index (κ3) is 10.5. The number of ether oxygens (including phenoxy) is 2. The Hall–Kier alpha value is -1.76. The van der Waals surface area contributed by atoms with Crippen LogP contribution in [0.15, 0.2) is 11.5 Å². The van der Waals surface area contributed by atoms with Gasteiger partial charge in [-0.2, -0.15) is 0 Å². The SMILES string of the molecule is CCCCCCCCCCCCCCCC(=O)OC[C@@H](O)[C@@H]1OC(=O)C(O)=C1O. The molecule has 0 unspecified atom stereocenters. The molecule has 0 fully saturated rings. The fraction of sp³-hybridized carbons (Fsp3) is 0.818. The van der Waals surface area contributed by atoms with Crippen molar-refractivity contribution in [2.75, 3.05) is 6.61 Å². The van der Waals surface area contributed by atoms with Crippen molar-refractivity contribution in [1.82, 2.24) is 0 Å². The summed E-state index contributed by atoms with van der Waals surface area (Å²) in [6.45, 7) is 1.83. The maximum atomic E-state index is 11.7. The first-order valence-corrected chi connectivity index (χ1v) is 11.1. The molecule has 168 valence electrons. The number of aliphatic hydroxyl groups excluding tert-OH is 3. The number of hydrogen-bond acceptors (Lipinski definition) is 7. The minimum absolute atomic E-state index is 0.266. The van der Waals surface area contributed by atoms with Crippen molar-refractivity contribution in [1.29, 1.82) is 0 Å². The zero-order valence-corrected chi connectivity index (χ0v) is 17.7. The van der Waals surface area contributed by atoms with E-state index in [2.05, 4.69) is 11.7 Å². The Bertz CT molecular complexity index is 515. The van der Waals surface area contributed by atoms with Gasteiger partial charge in [0.15, 0.2) is 11.9 Å². The van der Waals surface area contributed by atoms with Crippen molar-refractivity contribution < 1.29 is 34.4 Å². The van der Waals surface area contributed by atoms with E-state index in [1.165, 1.54) is 64.2 Å². The van der Waals surface area contributed by atoms with Crippen molar-refractivity contribution in [2.45, 2.75) is 109 Å². The maximum absolute atomic E-state index is 11.7. The summed E-state index contributed by atoms with van der Waals surface area (Å²) in [5.41, 5.74) is 0. The summed E-state index contributed by atoms with van der Waals surface area (Å²) in [5, 5.41) is 28.5. The van der Waals surface area contributed by atoms with Crippen LogP contribution >= 0.6 is 0 Å². The van der Waals surface area contributed by atoms with Crippen LogP contribution < -0.4 is 0 Å². The molecular formula is C22H38O7. The molecule has 1 aliphatic heterocycles. The van der Waals surface area contributed by atoms with E-state index in [9.17, 15) is 24.9 Å². The Kier molecular flexibility index (Phi) is 13.2. The Balaban J connectivity index is 1.93. The number of aliphatic hydroxyl groups is 3. The molecule has 0 saturated carbocycles. The van der Waals surface area contributed by atoms with Crippen LogP contribution in [0.5, 0.6) is 0 Å². The zero-order chi connectivity index (χ0) is 21.5. The Morgan fingerprint density at radius 3 is 1.86 bits per heavy atom. The molecule has 0 aromatic heterocycles. The van der Waals surface area contributed by atoms with Crippen LogP contribution in [0.1, 0.15) is 96.8 Å². The highest BCUT2D eigenvalue weighted by Crippen LogP contribution is 2.21. The van der Waals surface area contributed by atoms with Gasteiger partial charge in [0.2, 0.25) is 5.76 Å². The lowest BCUT2D eigenvalue weighted by molar-refractivity contribution is -0.154. The lowest BCUT2D eigenvalue weighted by Crippen LogP contribution is -2.33. The van der Waals surface area contributed by atoms with Gasteiger partial charge in [-0.05, 0) is 6.42 Å². The van der Waals surface area contributed by atoms with Gasteiger partial charge in [0, 0.05) is 6.42 Å². The third-order valence-electron chi connectivity index (χ3n) is 5.19. The summed E-state index contributed by atoms with van der Waals surface area (Å²) >= 11 is 0. The molecular weight excluding hydrogens is 376 g/mol. The molecule has 0 saturated heterocycles. The first-order valence-electron chi connectivity index (χ1n) is 11.1. The first-order chi connectivity index (χ1) is 14.0. The quantitative estimate of drug-likeness (QED) is 0.235. The van der Waals surface area contributed by atoms with Crippen LogP contribution in [-0.4, -0.2) is 46.1 Å². The van der Waals surface area contributed by atoms with Gasteiger partial charge in [-0.15, -0.1) is 0 Å². The zero-order valence-electron chi connectivity index (χ0n) is 17.7. The van der Waals surface area contributed by atoms with Crippen molar-refractivity contribution in [3.63, 3.8) is 0 Å². The number of rotatable bonds is 17. The highest BCUT2D eigenvalue weighted by Gasteiger charge is 2.39. The molecule has 29 heavy (non-hydrogen) atoms. The molecule has 0 radical (unpaired) electrons. The van der Waals surface area contributed by atoms with Crippen LogP contribution in [0.25, 0.3) is 0 Å². The molecule has 7 nitrogen and oxygen atoms in total. The van der Waals surface area contributed by atoms with Gasteiger partial charge >= 0.3 is 11.9 Å². The lowest BCUT2D eigenvalue weighted by atomic mass is 10.0. The number of esters is 2. The van der Waals surface area contributed by atoms with E-state index in [0.29, 0.717) is 0 Å². The molecule has 3 N–H and O–H groups in total. The van der Waals surface area contributed by atoms with Gasteiger partial charge < -0.3 is 24.8 Å². The summed E-state index contributed by atoms with van der Waals surface area (Å²) in [4.78, 5) is 22.8. The molecule has 1 rings (SSSR count). The van der Waals surface area contributed by atoms with Crippen molar-refractivity contribution in [3.05, 3.63) is 11.5 Å². The number of hydrogen-bond donors (Lipinski definition) is 3. The molecule has 0 amide bonds. The smallest absolute Gasteiger partial charge is 0.377 e. The van der Waals surface area contributed by atoms with E-state index >= 15 is 0 Å². The summed E-state index contributed by atoms with van der Waals surface area (Å²) in [5.74, 6) is -3.21. The summed E-state index contributed by atoms with van der Waals surface area (Å²) in [6, 6.07) is 0. The van der Waals surface area contributed by atoms with Gasteiger partial charge in [0.05, 0.1) is 0 Å². The standard InChI is InChI=1S/C22H38O7/c1-2-3-4-5-6-7-8-9-10-11-12-13-14-15-18(24)28-16-17(23)21-19(25)20(26)22(27)29-21/h17,21,23,25-26H,2-16H2,1H3/t17-,21+/m1/s1. The molecule has 7 heteroatoms. The summed E-state index contributed by atoms with van der Waals surface area (Å²) in [6.07, 6.45) is 13.4. The first kappa shape index (κ1) is 25.3. The molecule has 0 bridgehead atoms. The number of carbonyl (C=O) groups excluding carboxylic acids is 2. The average molecular weight is 415 g/mol. The third-order valence-corrected chi connectivity index (χ3v) is 5.19. The molecule has 1 aliphatic rings. The van der Waals surface area contributed by atoms with Crippen molar-refractivity contribution >= 4 is 11.9 Å². The van der Waals surface area contributed by atoms with Gasteiger partial charge in [0.1, 0.15) is 12.7 Å². The van der Waals surface area contributed by atoms with Crippen LogP contribution in [0, 0.1) is 0 Å². The minimum atomic E-state index is -1.42. The molecule has 0 aromatic rings. The fourth-order valence-electron chi connectivity index (χ4n) is 3.35. The highest BCUT2D eigenvalue weighted by atomic mass is 16.6. The van der Waals surface area contributed by atoms with Crippen LogP contribution in [0.4, 0.5) is 0 Å². The number of cyclic esters (lactones) is 1. The second-order valence-electron chi connectivity index (χ2n) is 7.80. The molecule has 2 atom stereocenters. The highest BCUT2D eigenvalue weighted by molar-refractivity contribution is 5.89. The predicted octanol–water partition coefficient (Wildman–Crippen LogP) is 4.62. The minimum Gasteiger partial charge on any atom is -0.505 e. The topological polar surface area (TPSA) is 113 Å². The Morgan fingerprint density at radius 1 is 0.931 bits per heavy atom. The monoisotopic (exact) mass is 414 g/mol. The number of unbranched alkanes of at least 4 members (excludes halogenated alkanes) is 12. The maximum Gasteiger partial charge on any atom is 0.377 e. The number of carbonyl (C=O) groups is 2. The largest absolute Gasteiger partial charge is 0.505 e. The normalized spacial score (nSPS) is 17.4. The van der Waals surface area contributed by atoms with E-state index in [1.807, 2.05) is 0 Å². The van der Waals surface area contributed by atoms with E-state index in [0.717, 1.165) is 19.3 Å². The van der Waals surface area contributed by atoms with Crippen molar-refractivity contribution in [3.8, 4) is 0 Å². The second-order valence-corrected chi connectivity index (χ2v) is 7.80. The Labute approximate surface area is 174 Å². The lowest BCUT2D eigenvalue weighted by Gasteiger charge is -2.17. The molecule has 0 aliphatic carbocycles. The van der Waals surface area contributed by atoms with Gasteiger partial charge in [-0.1, -0.05) is 84.0 Å². The summed E-state index contributed by atoms with van der Waals surface area (Å²) < 4.78 is 9.55. The van der Waals surface area contributed by atoms with Crippen LogP contribution in [-0.2, 0) is 19.1 Å². The van der Waals surface area contributed by atoms with Gasteiger partial charge in [-0.25, -0.2) is 4.79 Å². The summed E-state index contributed by atoms with van der Waals surface area (Å²) in [7, 11) is 0. The van der Waals surface area contributed by atoms with E-state index in [-0.39, 0.29) is 6.42 Å². The predicted molar refractivity (Wildman–Crippen MR) is 109 cm³/mol. The van der Waals surface area contributed by atoms with E-state index in [1.54, 1.807) is 0 Å². The van der Waals surface area contributed by atoms with E-state index in [4.69, 9.17) is 4.74 Å². The van der Waals surface area contributed by atoms with Gasteiger partial charge in [-0.3, -0.25) is 4.79 Å². The van der Waals surface area contributed by atoms with Crippen LogP contribution in [0.3, 0.4) is 0 Å². The average Bonchev–Trinajstić information content (AvgIpc) is 2.97. The van der Waals surface area contributed by atoms with Crippen molar-refractivity contribution in [2.24, 2.45) is 0 Å². The molecule has 0 spiro atoms. The fourth-order valence-corrected chi connectivity index (χ4v) is 3.35. The van der Waals surface area contributed by atoms with E-state index < -0.39 is 42.3 Å².